The Labute approximate surface area is 93.3 Å². The van der Waals surface area contributed by atoms with Gasteiger partial charge < -0.3 is 4.90 Å². The van der Waals surface area contributed by atoms with Gasteiger partial charge in [-0.2, -0.15) is 0 Å². The van der Waals surface area contributed by atoms with Crippen molar-refractivity contribution in [2.45, 2.75) is 18.7 Å². The summed E-state index contributed by atoms with van der Waals surface area (Å²) in [5, 5.41) is 0.142. The van der Waals surface area contributed by atoms with E-state index in [0.717, 1.165) is 19.5 Å². The highest BCUT2D eigenvalue weighted by Crippen LogP contribution is 2.26. The lowest BCUT2D eigenvalue weighted by Gasteiger charge is -2.14. The predicted octanol–water partition coefficient (Wildman–Crippen LogP) is 2.07. The molecule has 3 nitrogen and oxygen atoms in total. The van der Waals surface area contributed by atoms with Crippen molar-refractivity contribution in [3.8, 4) is 0 Å². The van der Waals surface area contributed by atoms with Crippen LogP contribution in [0.1, 0.15) is 13.3 Å². The molecule has 1 aliphatic heterocycles. The summed E-state index contributed by atoms with van der Waals surface area (Å²) in [6, 6.07) is 0. The molecular weight excluding hydrogens is 217 g/mol. The molecule has 0 N–H and O–H groups in total. The van der Waals surface area contributed by atoms with Crippen molar-refractivity contribution in [2.75, 3.05) is 18.0 Å². The van der Waals surface area contributed by atoms with Crippen molar-refractivity contribution in [1.82, 2.24) is 9.97 Å². The Morgan fingerprint density at radius 1 is 1.47 bits per heavy atom. The molecule has 82 valence electrons. The zero-order chi connectivity index (χ0) is 10.8. The van der Waals surface area contributed by atoms with Crippen LogP contribution in [0.4, 0.5) is 10.3 Å². The van der Waals surface area contributed by atoms with E-state index in [1.54, 1.807) is 0 Å². The van der Waals surface area contributed by atoms with Crippen molar-refractivity contribution in [3.63, 3.8) is 0 Å². The van der Waals surface area contributed by atoms with Gasteiger partial charge in [-0.15, -0.1) is 11.6 Å². The largest absolute Gasteiger partial charge is 0.339 e. The molecular formula is C10H13ClFN3. The SMILES string of the molecule is CCC1CN(c2ncc(F)cn2)CC1Cl. The van der Waals surface area contributed by atoms with Crippen LogP contribution in [0.25, 0.3) is 0 Å². The van der Waals surface area contributed by atoms with Gasteiger partial charge in [0, 0.05) is 13.1 Å². The fourth-order valence-corrected chi connectivity index (χ4v) is 2.27. The van der Waals surface area contributed by atoms with Crippen LogP contribution < -0.4 is 4.90 Å². The molecule has 1 aliphatic rings. The normalized spacial score (nSPS) is 25.9. The average molecular weight is 230 g/mol. The van der Waals surface area contributed by atoms with Gasteiger partial charge in [0.15, 0.2) is 5.82 Å². The van der Waals surface area contributed by atoms with Gasteiger partial charge in [0.2, 0.25) is 5.95 Å². The molecule has 2 atom stereocenters. The van der Waals surface area contributed by atoms with E-state index in [0.29, 0.717) is 11.9 Å². The van der Waals surface area contributed by atoms with Crippen LogP contribution in [-0.4, -0.2) is 28.4 Å². The lowest BCUT2D eigenvalue weighted by molar-refractivity contribution is 0.573. The molecule has 1 fully saturated rings. The molecule has 2 heterocycles. The summed E-state index contributed by atoms with van der Waals surface area (Å²) in [5.74, 6) is 0.630. The standard InChI is InChI=1S/C10H13ClFN3/c1-2-7-5-15(6-9(7)11)10-13-3-8(12)4-14-10/h3-4,7,9H,2,5-6H2,1H3. The van der Waals surface area contributed by atoms with Gasteiger partial charge in [-0.1, -0.05) is 13.3 Å². The number of nitrogens with zero attached hydrogens (tertiary/aromatic N) is 3. The first kappa shape index (κ1) is 10.6. The first-order valence-corrected chi connectivity index (χ1v) is 5.51. The van der Waals surface area contributed by atoms with Crippen LogP contribution in [-0.2, 0) is 0 Å². The summed E-state index contributed by atoms with van der Waals surface area (Å²) in [6.45, 7) is 3.72. The van der Waals surface area contributed by atoms with E-state index in [-0.39, 0.29) is 5.38 Å². The second-order valence-corrected chi connectivity index (χ2v) is 4.35. The van der Waals surface area contributed by atoms with E-state index in [4.69, 9.17) is 11.6 Å². The monoisotopic (exact) mass is 229 g/mol. The molecule has 0 bridgehead atoms. The van der Waals surface area contributed by atoms with Crippen LogP contribution in [0.3, 0.4) is 0 Å². The van der Waals surface area contributed by atoms with Crippen LogP contribution in [0.2, 0.25) is 0 Å². The third-order valence-electron chi connectivity index (χ3n) is 2.78. The third kappa shape index (κ3) is 2.20. The molecule has 15 heavy (non-hydrogen) atoms. The van der Waals surface area contributed by atoms with Crippen molar-refractivity contribution in [2.24, 2.45) is 5.92 Å². The molecule has 0 aliphatic carbocycles. The number of hydrogen-bond acceptors (Lipinski definition) is 3. The average Bonchev–Trinajstić information content (AvgIpc) is 2.61. The Balaban J connectivity index is 2.10. The molecule has 2 rings (SSSR count). The molecule has 2 unspecified atom stereocenters. The summed E-state index contributed by atoms with van der Waals surface area (Å²) in [7, 11) is 0. The van der Waals surface area contributed by atoms with Gasteiger partial charge >= 0.3 is 0 Å². The van der Waals surface area contributed by atoms with Crippen LogP contribution in [0, 0.1) is 11.7 Å². The van der Waals surface area contributed by atoms with Crippen LogP contribution in [0.5, 0.6) is 0 Å². The second-order valence-electron chi connectivity index (χ2n) is 3.79. The van der Waals surface area contributed by atoms with Crippen molar-refractivity contribution in [1.29, 1.82) is 0 Å². The summed E-state index contributed by atoms with van der Waals surface area (Å²) < 4.78 is 12.6. The second kappa shape index (κ2) is 4.31. The highest BCUT2D eigenvalue weighted by Gasteiger charge is 2.31. The highest BCUT2D eigenvalue weighted by atomic mass is 35.5. The molecule has 1 aromatic rings. The fourth-order valence-electron chi connectivity index (χ4n) is 1.85. The molecule has 1 aromatic heterocycles. The third-order valence-corrected chi connectivity index (χ3v) is 3.27. The molecule has 1 saturated heterocycles. The maximum Gasteiger partial charge on any atom is 0.225 e. The molecule has 0 spiro atoms. The van der Waals surface area contributed by atoms with Gasteiger partial charge in [-0.25, -0.2) is 14.4 Å². The van der Waals surface area contributed by atoms with Gasteiger partial charge in [0.05, 0.1) is 17.8 Å². The molecule has 0 aromatic carbocycles. The van der Waals surface area contributed by atoms with E-state index < -0.39 is 5.82 Å². The fraction of sp³-hybridized carbons (Fsp3) is 0.600. The zero-order valence-electron chi connectivity index (χ0n) is 8.53. The number of rotatable bonds is 2. The minimum absolute atomic E-state index is 0.142. The van der Waals surface area contributed by atoms with Gasteiger partial charge in [0.25, 0.3) is 0 Å². The Morgan fingerprint density at radius 3 is 2.67 bits per heavy atom. The van der Waals surface area contributed by atoms with E-state index in [9.17, 15) is 4.39 Å². The minimum atomic E-state index is -0.410. The Hall–Kier alpha value is -0.900. The first-order chi connectivity index (χ1) is 7.20. The van der Waals surface area contributed by atoms with E-state index in [1.807, 2.05) is 4.90 Å². The number of aromatic nitrogens is 2. The summed E-state index contributed by atoms with van der Waals surface area (Å²) >= 11 is 6.18. The van der Waals surface area contributed by atoms with Crippen molar-refractivity contribution >= 4 is 17.5 Å². The van der Waals surface area contributed by atoms with E-state index in [2.05, 4.69) is 16.9 Å². The quantitative estimate of drug-likeness (QED) is 0.727. The molecule has 0 amide bonds. The Bertz CT molecular complexity index is 330. The van der Waals surface area contributed by atoms with Gasteiger partial charge in [0.1, 0.15) is 0 Å². The van der Waals surface area contributed by atoms with Crippen LogP contribution >= 0.6 is 11.6 Å². The smallest absolute Gasteiger partial charge is 0.225 e. The number of hydrogen-bond donors (Lipinski definition) is 0. The Morgan fingerprint density at radius 2 is 2.13 bits per heavy atom. The minimum Gasteiger partial charge on any atom is -0.339 e. The maximum absolute atomic E-state index is 12.6. The summed E-state index contributed by atoms with van der Waals surface area (Å²) in [5.41, 5.74) is 0. The maximum atomic E-state index is 12.6. The lowest BCUT2D eigenvalue weighted by atomic mass is 10.1. The van der Waals surface area contributed by atoms with Gasteiger partial charge in [-0.05, 0) is 5.92 Å². The molecule has 0 radical (unpaired) electrons. The summed E-state index contributed by atoms with van der Waals surface area (Å²) in [4.78, 5) is 9.89. The lowest BCUT2D eigenvalue weighted by Crippen LogP contribution is -2.22. The Kier molecular flexibility index (Phi) is 3.05. The van der Waals surface area contributed by atoms with Gasteiger partial charge in [-0.3, -0.25) is 0 Å². The number of anilines is 1. The molecule has 0 saturated carbocycles. The van der Waals surface area contributed by atoms with E-state index in [1.165, 1.54) is 12.4 Å². The van der Waals surface area contributed by atoms with Crippen molar-refractivity contribution < 1.29 is 4.39 Å². The molecule has 5 heteroatoms. The zero-order valence-corrected chi connectivity index (χ0v) is 9.28. The van der Waals surface area contributed by atoms with E-state index >= 15 is 0 Å². The highest BCUT2D eigenvalue weighted by molar-refractivity contribution is 6.21. The first-order valence-electron chi connectivity index (χ1n) is 5.07. The summed E-state index contributed by atoms with van der Waals surface area (Å²) in [6.07, 6.45) is 3.42. The number of halogens is 2. The topological polar surface area (TPSA) is 29.0 Å². The predicted molar refractivity (Wildman–Crippen MR) is 57.6 cm³/mol. The number of alkyl halides is 1. The van der Waals surface area contributed by atoms with Crippen molar-refractivity contribution in [3.05, 3.63) is 18.2 Å². The van der Waals surface area contributed by atoms with Crippen LogP contribution in [0.15, 0.2) is 12.4 Å².